The van der Waals surface area contributed by atoms with Crippen molar-refractivity contribution in [2.45, 2.75) is 24.9 Å². The number of carbonyl (C=O) groups is 2. The maximum Gasteiger partial charge on any atom is 0.306 e. The minimum absolute atomic E-state index is 0.0256. The van der Waals surface area contributed by atoms with Gasteiger partial charge in [0.15, 0.2) is 0 Å². The lowest BCUT2D eigenvalue weighted by Gasteiger charge is -2.32. The molecule has 3 rings (SSSR count). The number of rotatable bonds is 3. The van der Waals surface area contributed by atoms with Crippen molar-refractivity contribution in [3.63, 3.8) is 0 Å². The summed E-state index contributed by atoms with van der Waals surface area (Å²) >= 11 is 0. The third kappa shape index (κ3) is 2.33. The Labute approximate surface area is 117 Å². The standard InChI is InChI=1S/C16H16O4/c17-14(18)8-11-6-7-12(10-4-2-1-3-5-10)16-13(11)9-15(19)20-16/h1-7,11-13,16H,8-9H2,(H,17,18)/t11-,12-,13+,16-/m0/s1. The molecule has 1 aromatic carbocycles. The van der Waals surface area contributed by atoms with Gasteiger partial charge in [-0.15, -0.1) is 0 Å². The van der Waals surface area contributed by atoms with Gasteiger partial charge in [0.2, 0.25) is 0 Å². The summed E-state index contributed by atoms with van der Waals surface area (Å²) < 4.78 is 5.46. The number of hydrogen-bond acceptors (Lipinski definition) is 3. The van der Waals surface area contributed by atoms with Crippen molar-refractivity contribution >= 4 is 11.9 Å². The molecule has 4 atom stereocenters. The topological polar surface area (TPSA) is 63.6 Å². The maximum absolute atomic E-state index is 11.6. The van der Waals surface area contributed by atoms with E-state index in [1.54, 1.807) is 0 Å². The zero-order valence-corrected chi connectivity index (χ0v) is 10.9. The summed E-state index contributed by atoms with van der Waals surface area (Å²) in [6.07, 6.45) is 4.06. The molecule has 104 valence electrons. The Kier molecular flexibility index (Phi) is 3.30. The number of esters is 1. The molecule has 4 nitrogen and oxygen atoms in total. The first-order valence-corrected chi connectivity index (χ1v) is 6.79. The van der Waals surface area contributed by atoms with Crippen LogP contribution in [-0.2, 0) is 14.3 Å². The van der Waals surface area contributed by atoms with Gasteiger partial charge < -0.3 is 9.84 Å². The highest BCUT2D eigenvalue weighted by Crippen LogP contribution is 2.43. The minimum atomic E-state index is -0.837. The van der Waals surface area contributed by atoms with Crippen molar-refractivity contribution in [1.82, 2.24) is 0 Å². The molecule has 0 amide bonds. The maximum atomic E-state index is 11.6. The van der Waals surface area contributed by atoms with Crippen LogP contribution in [0.4, 0.5) is 0 Å². The number of carboxylic acids is 1. The normalized spacial score (nSPS) is 31.7. The average Bonchev–Trinajstić information content (AvgIpc) is 2.81. The molecule has 4 heteroatoms. The molecule has 0 aromatic heterocycles. The number of carbonyl (C=O) groups excluding carboxylic acids is 1. The quantitative estimate of drug-likeness (QED) is 0.677. The second-order valence-electron chi connectivity index (χ2n) is 5.41. The van der Waals surface area contributed by atoms with Gasteiger partial charge in [0.1, 0.15) is 6.10 Å². The van der Waals surface area contributed by atoms with Crippen LogP contribution in [0.1, 0.15) is 24.3 Å². The van der Waals surface area contributed by atoms with Gasteiger partial charge in [0, 0.05) is 11.8 Å². The Morgan fingerprint density at radius 2 is 2.00 bits per heavy atom. The number of ether oxygens (including phenoxy) is 1. The summed E-state index contributed by atoms with van der Waals surface area (Å²) in [6.45, 7) is 0. The molecule has 0 radical (unpaired) electrons. The Bertz CT molecular complexity index is 549. The van der Waals surface area contributed by atoms with Crippen LogP contribution < -0.4 is 0 Å². The predicted molar refractivity (Wildman–Crippen MR) is 72.1 cm³/mol. The molecule has 1 aliphatic heterocycles. The van der Waals surface area contributed by atoms with E-state index in [4.69, 9.17) is 9.84 Å². The van der Waals surface area contributed by atoms with Gasteiger partial charge in [0.05, 0.1) is 12.8 Å². The molecular formula is C16H16O4. The fraction of sp³-hybridized carbons (Fsp3) is 0.375. The fourth-order valence-electron chi connectivity index (χ4n) is 3.24. The molecule has 0 spiro atoms. The Balaban J connectivity index is 1.91. The van der Waals surface area contributed by atoms with Gasteiger partial charge in [-0.2, -0.15) is 0 Å². The van der Waals surface area contributed by atoms with Crippen LogP contribution in [0, 0.1) is 11.8 Å². The van der Waals surface area contributed by atoms with Crippen molar-refractivity contribution in [2.24, 2.45) is 11.8 Å². The van der Waals surface area contributed by atoms with Gasteiger partial charge >= 0.3 is 11.9 Å². The van der Waals surface area contributed by atoms with Crippen LogP contribution in [0.2, 0.25) is 0 Å². The third-order valence-electron chi connectivity index (χ3n) is 4.16. The van der Waals surface area contributed by atoms with E-state index >= 15 is 0 Å². The van der Waals surface area contributed by atoms with E-state index in [2.05, 4.69) is 0 Å². The van der Waals surface area contributed by atoms with Crippen LogP contribution in [0.3, 0.4) is 0 Å². The molecule has 1 fully saturated rings. The van der Waals surface area contributed by atoms with Crippen molar-refractivity contribution < 1.29 is 19.4 Å². The predicted octanol–water partition coefficient (Wildman–Crippen LogP) is 2.36. The summed E-state index contributed by atoms with van der Waals surface area (Å²) in [4.78, 5) is 22.5. The molecule has 1 N–H and O–H groups in total. The molecule has 2 aliphatic rings. The van der Waals surface area contributed by atoms with Crippen LogP contribution in [0.15, 0.2) is 42.5 Å². The van der Waals surface area contributed by atoms with Crippen molar-refractivity contribution in [2.75, 3.05) is 0 Å². The smallest absolute Gasteiger partial charge is 0.306 e. The summed E-state index contributed by atoms with van der Waals surface area (Å²) in [5, 5.41) is 8.97. The SMILES string of the molecule is O=C(O)C[C@@H]1C=C[C@@H](c2ccccc2)[C@@H]2OC(=O)C[C@@H]21. The van der Waals surface area contributed by atoms with Crippen LogP contribution in [-0.4, -0.2) is 23.1 Å². The lowest BCUT2D eigenvalue weighted by atomic mass is 9.73. The first-order chi connectivity index (χ1) is 9.65. The molecule has 1 aliphatic carbocycles. The van der Waals surface area contributed by atoms with Gasteiger partial charge in [-0.3, -0.25) is 9.59 Å². The van der Waals surface area contributed by atoms with E-state index in [0.717, 1.165) is 5.56 Å². The molecular weight excluding hydrogens is 256 g/mol. The van der Waals surface area contributed by atoms with E-state index in [9.17, 15) is 9.59 Å². The summed E-state index contributed by atoms with van der Waals surface area (Å²) in [7, 11) is 0. The number of benzene rings is 1. The highest BCUT2D eigenvalue weighted by atomic mass is 16.6. The number of allylic oxidation sites excluding steroid dienone is 1. The van der Waals surface area contributed by atoms with Crippen molar-refractivity contribution in [1.29, 1.82) is 0 Å². The zero-order valence-electron chi connectivity index (χ0n) is 10.9. The van der Waals surface area contributed by atoms with Crippen molar-refractivity contribution in [3.05, 3.63) is 48.0 Å². The van der Waals surface area contributed by atoms with E-state index in [1.165, 1.54) is 0 Å². The van der Waals surface area contributed by atoms with E-state index in [0.29, 0.717) is 6.42 Å². The summed E-state index contributed by atoms with van der Waals surface area (Å²) in [6, 6.07) is 9.88. The molecule has 1 heterocycles. The van der Waals surface area contributed by atoms with Crippen LogP contribution in [0.25, 0.3) is 0 Å². The Hall–Kier alpha value is -2.10. The second-order valence-corrected chi connectivity index (χ2v) is 5.41. The van der Waals surface area contributed by atoms with Gasteiger partial charge in [0.25, 0.3) is 0 Å². The molecule has 1 saturated heterocycles. The summed E-state index contributed by atoms with van der Waals surface area (Å²) in [5.74, 6) is -1.19. The van der Waals surface area contributed by atoms with Gasteiger partial charge in [-0.25, -0.2) is 0 Å². The molecule has 0 saturated carbocycles. The number of fused-ring (bicyclic) bond motifs is 1. The number of hydrogen-bond donors (Lipinski definition) is 1. The molecule has 0 unspecified atom stereocenters. The second kappa shape index (κ2) is 5.12. The average molecular weight is 272 g/mol. The highest BCUT2D eigenvalue weighted by molar-refractivity contribution is 5.73. The van der Waals surface area contributed by atoms with Crippen LogP contribution >= 0.6 is 0 Å². The van der Waals surface area contributed by atoms with E-state index in [-0.39, 0.29) is 36.2 Å². The highest BCUT2D eigenvalue weighted by Gasteiger charge is 2.45. The largest absolute Gasteiger partial charge is 0.481 e. The van der Waals surface area contributed by atoms with E-state index in [1.807, 2.05) is 42.5 Å². The monoisotopic (exact) mass is 272 g/mol. The Morgan fingerprint density at radius 1 is 1.25 bits per heavy atom. The summed E-state index contributed by atoms with van der Waals surface area (Å²) in [5.41, 5.74) is 1.10. The number of carboxylic acid groups (broad SMARTS) is 1. The molecule has 1 aromatic rings. The molecule has 0 bridgehead atoms. The Morgan fingerprint density at radius 3 is 2.70 bits per heavy atom. The lowest BCUT2D eigenvalue weighted by molar-refractivity contribution is -0.142. The first kappa shape index (κ1) is 12.9. The third-order valence-corrected chi connectivity index (χ3v) is 4.16. The van der Waals surface area contributed by atoms with Gasteiger partial charge in [-0.05, 0) is 11.5 Å². The zero-order chi connectivity index (χ0) is 14.1. The number of aliphatic carboxylic acids is 1. The van der Waals surface area contributed by atoms with Gasteiger partial charge in [-0.1, -0.05) is 42.5 Å². The fourth-order valence-corrected chi connectivity index (χ4v) is 3.24. The first-order valence-electron chi connectivity index (χ1n) is 6.79. The minimum Gasteiger partial charge on any atom is -0.481 e. The van der Waals surface area contributed by atoms with E-state index < -0.39 is 5.97 Å². The molecule has 20 heavy (non-hydrogen) atoms. The van der Waals surface area contributed by atoms with Crippen LogP contribution in [0.5, 0.6) is 0 Å². The van der Waals surface area contributed by atoms with Crippen molar-refractivity contribution in [3.8, 4) is 0 Å². The lowest BCUT2D eigenvalue weighted by Crippen LogP contribution is -2.33.